The molecule has 1 saturated carbocycles. The molecule has 4 nitrogen and oxygen atoms in total. The van der Waals surface area contributed by atoms with Gasteiger partial charge in [0, 0.05) is 24.8 Å². The van der Waals surface area contributed by atoms with E-state index in [0.717, 1.165) is 18.3 Å². The van der Waals surface area contributed by atoms with Gasteiger partial charge >= 0.3 is 0 Å². The van der Waals surface area contributed by atoms with Gasteiger partial charge in [0.15, 0.2) is 0 Å². The highest BCUT2D eigenvalue weighted by atomic mass is 15.2. The van der Waals surface area contributed by atoms with E-state index in [-0.39, 0.29) is 0 Å². The average Bonchev–Trinajstić information content (AvgIpc) is 2.89. The van der Waals surface area contributed by atoms with E-state index in [4.69, 9.17) is 4.98 Å². The summed E-state index contributed by atoms with van der Waals surface area (Å²) in [5.41, 5.74) is 1.30. The molecule has 4 heteroatoms. The van der Waals surface area contributed by atoms with Crippen molar-refractivity contribution in [1.82, 2.24) is 9.97 Å². The lowest BCUT2D eigenvalue weighted by molar-refractivity contribution is 0.613. The van der Waals surface area contributed by atoms with E-state index >= 15 is 0 Å². The first-order valence-electron chi connectivity index (χ1n) is 9.62. The van der Waals surface area contributed by atoms with Crippen LogP contribution in [0.5, 0.6) is 0 Å². The second kappa shape index (κ2) is 8.84. The molecule has 0 amide bonds. The predicted molar refractivity (Wildman–Crippen MR) is 105 cm³/mol. The number of nitrogens with one attached hydrogen (secondary N) is 1. The van der Waals surface area contributed by atoms with E-state index in [1.165, 1.54) is 44.1 Å². The van der Waals surface area contributed by atoms with Crippen LogP contribution in [0.4, 0.5) is 11.8 Å². The zero-order valence-corrected chi connectivity index (χ0v) is 15.5. The van der Waals surface area contributed by atoms with Gasteiger partial charge in [0.05, 0.1) is 0 Å². The summed E-state index contributed by atoms with van der Waals surface area (Å²) in [6.07, 6.45) is 9.67. The zero-order valence-electron chi connectivity index (χ0n) is 15.5. The Labute approximate surface area is 151 Å². The molecule has 3 rings (SSSR count). The number of aromatic nitrogens is 2. The molecule has 1 aliphatic carbocycles. The van der Waals surface area contributed by atoms with Crippen molar-refractivity contribution < 1.29 is 0 Å². The van der Waals surface area contributed by atoms with Crippen molar-refractivity contribution in [3.63, 3.8) is 0 Å². The molecule has 0 radical (unpaired) electrons. The van der Waals surface area contributed by atoms with Gasteiger partial charge in [-0.05, 0) is 38.3 Å². The molecular weight excluding hydrogens is 308 g/mol. The van der Waals surface area contributed by atoms with Crippen molar-refractivity contribution in [3.05, 3.63) is 48.2 Å². The Hall–Kier alpha value is -2.10. The van der Waals surface area contributed by atoms with Crippen LogP contribution in [0.25, 0.3) is 0 Å². The molecule has 134 valence electrons. The molecule has 2 aromatic rings. The highest BCUT2D eigenvalue weighted by Gasteiger charge is 2.16. The van der Waals surface area contributed by atoms with E-state index in [1.807, 2.05) is 12.3 Å². The molecule has 0 saturated heterocycles. The lowest BCUT2D eigenvalue weighted by Gasteiger charge is -2.28. The Kier molecular flexibility index (Phi) is 6.26. The van der Waals surface area contributed by atoms with Crippen molar-refractivity contribution in [2.24, 2.45) is 0 Å². The van der Waals surface area contributed by atoms with Crippen molar-refractivity contribution in [3.8, 4) is 0 Å². The number of nitrogens with zero attached hydrogens (tertiary/aromatic N) is 3. The lowest BCUT2D eigenvalue weighted by atomic mass is 10.1. The van der Waals surface area contributed by atoms with E-state index in [2.05, 4.69) is 59.4 Å². The molecule has 25 heavy (non-hydrogen) atoms. The molecule has 0 aliphatic heterocycles. The molecule has 1 N–H and O–H groups in total. The van der Waals surface area contributed by atoms with Gasteiger partial charge < -0.3 is 10.2 Å². The highest BCUT2D eigenvalue weighted by Crippen LogP contribution is 2.22. The van der Waals surface area contributed by atoms with E-state index in [9.17, 15) is 0 Å². The van der Waals surface area contributed by atoms with Gasteiger partial charge in [0.25, 0.3) is 0 Å². The van der Waals surface area contributed by atoms with Crippen LogP contribution in [0.15, 0.2) is 42.6 Å². The van der Waals surface area contributed by atoms with Gasteiger partial charge in [-0.1, -0.05) is 56.0 Å². The fourth-order valence-electron chi connectivity index (χ4n) is 3.49. The summed E-state index contributed by atoms with van der Waals surface area (Å²) < 4.78 is 0. The van der Waals surface area contributed by atoms with Crippen molar-refractivity contribution in [2.45, 2.75) is 71.0 Å². The molecular formula is C21H30N4. The number of rotatable bonds is 6. The minimum Gasteiger partial charge on any atom is -0.351 e. The Morgan fingerprint density at radius 1 is 1.04 bits per heavy atom. The molecule has 1 aliphatic rings. The van der Waals surface area contributed by atoms with Crippen molar-refractivity contribution in [1.29, 1.82) is 0 Å². The molecule has 0 atom stereocenters. The standard InChI is InChI=1S/C21H30N4/c1-17(2)25(16-18-10-6-5-7-11-18)20-14-15-22-21(24-20)23-19-12-8-3-4-9-13-19/h5-7,10-11,14-15,17,19H,3-4,8-9,12-13,16H2,1-2H3,(H,22,23,24). The maximum absolute atomic E-state index is 4.82. The summed E-state index contributed by atoms with van der Waals surface area (Å²) in [5.74, 6) is 1.76. The van der Waals surface area contributed by atoms with Crippen LogP contribution in [-0.4, -0.2) is 22.1 Å². The van der Waals surface area contributed by atoms with Crippen molar-refractivity contribution >= 4 is 11.8 Å². The van der Waals surface area contributed by atoms with Crippen LogP contribution in [0.2, 0.25) is 0 Å². The summed E-state index contributed by atoms with van der Waals surface area (Å²) in [5, 5.41) is 3.57. The monoisotopic (exact) mass is 338 g/mol. The average molecular weight is 338 g/mol. The van der Waals surface area contributed by atoms with E-state index in [0.29, 0.717) is 12.1 Å². The SMILES string of the molecule is CC(C)N(Cc1ccccc1)c1ccnc(NC2CCCCCC2)n1. The molecule has 0 bridgehead atoms. The Balaban J connectivity index is 1.73. The van der Waals surface area contributed by atoms with Gasteiger partial charge in [0.1, 0.15) is 5.82 Å². The van der Waals surface area contributed by atoms with Crippen LogP contribution >= 0.6 is 0 Å². The smallest absolute Gasteiger partial charge is 0.224 e. The maximum Gasteiger partial charge on any atom is 0.224 e. The fourth-order valence-corrected chi connectivity index (χ4v) is 3.49. The van der Waals surface area contributed by atoms with Crippen LogP contribution in [0.3, 0.4) is 0 Å². The normalized spacial score (nSPS) is 15.8. The highest BCUT2D eigenvalue weighted by molar-refractivity contribution is 5.44. The van der Waals surface area contributed by atoms with E-state index < -0.39 is 0 Å². The summed E-state index contributed by atoms with van der Waals surface area (Å²) in [6.45, 7) is 5.28. The second-order valence-corrected chi connectivity index (χ2v) is 7.28. The molecule has 1 heterocycles. The van der Waals surface area contributed by atoms with Crippen LogP contribution < -0.4 is 10.2 Å². The van der Waals surface area contributed by atoms with Gasteiger partial charge in [-0.15, -0.1) is 0 Å². The van der Waals surface area contributed by atoms with E-state index in [1.54, 1.807) is 0 Å². The topological polar surface area (TPSA) is 41.1 Å². The first-order chi connectivity index (χ1) is 12.2. The third kappa shape index (κ3) is 5.18. The summed E-state index contributed by atoms with van der Waals surface area (Å²) in [6, 6.07) is 13.5. The Morgan fingerprint density at radius 3 is 2.44 bits per heavy atom. The van der Waals surface area contributed by atoms with Crippen LogP contribution in [0, 0.1) is 0 Å². The number of hydrogen-bond acceptors (Lipinski definition) is 4. The third-order valence-corrected chi connectivity index (χ3v) is 4.94. The van der Waals surface area contributed by atoms with Gasteiger partial charge in [0.2, 0.25) is 5.95 Å². The summed E-state index contributed by atoms with van der Waals surface area (Å²) in [7, 11) is 0. The number of anilines is 2. The predicted octanol–water partition coefficient (Wildman–Crippen LogP) is 5.03. The van der Waals surface area contributed by atoms with Crippen molar-refractivity contribution in [2.75, 3.05) is 10.2 Å². The maximum atomic E-state index is 4.82. The molecule has 1 aromatic heterocycles. The molecule has 1 fully saturated rings. The minimum atomic E-state index is 0.376. The minimum absolute atomic E-state index is 0.376. The zero-order chi connectivity index (χ0) is 17.5. The van der Waals surface area contributed by atoms with Gasteiger partial charge in [-0.25, -0.2) is 4.98 Å². The first-order valence-corrected chi connectivity index (χ1v) is 9.62. The molecule has 0 spiro atoms. The first kappa shape index (κ1) is 17.7. The van der Waals surface area contributed by atoms with Crippen LogP contribution in [-0.2, 0) is 6.54 Å². The fraction of sp³-hybridized carbons (Fsp3) is 0.524. The number of hydrogen-bond donors (Lipinski definition) is 1. The Bertz CT molecular complexity index is 633. The lowest BCUT2D eigenvalue weighted by Crippen LogP contribution is -2.31. The number of benzene rings is 1. The third-order valence-electron chi connectivity index (χ3n) is 4.94. The van der Waals surface area contributed by atoms with Crippen LogP contribution in [0.1, 0.15) is 57.9 Å². The van der Waals surface area contributed by atoms with Gasteiger partial charge in [-0.2, -0.15) is 4.98 Å². The summed E-state index contributed by atoms with van der Waals surface area (Å²) >= 11 is 0. The largest absolute Gasteiger partial charge is 0.351 e. The molecule has 1 aromatic carbocycles. The molecule has 0 unspecified atom stereocenters. The quantitative estimate of drug-likeness (QED) is 0.750. The summed E-state index contributed by atoms with van der Waals surface area (Å²) in [4.78, 5) is 11.6. The Morgan fingerprint density at radius 2 is 1.76 bits per heavy atom. The second-order valence-electron chi connectivity index (χ2n) is 7.28. The van der Waals surface area contributed by atoms with Gasteiger partial charge in [-0.3, -0.25) is 0 Å².